The number of halogens is 4. The van der Waals surface area contributed by atoms with Gasteiger partial charge in [0.05, 0.1) is 12.6 Å². The summed E-state index contributed by atoms with van der Waals surface area (Å²) < 4.78 is 31.8. The van der Waals surface area contributed by atoms with E-state index in [0.29, 0.717) is 18.0 Å². The van der Waals surface area contributed by atoms with Crippen molar-refractivity contribution in [3.8, 4) is 5.75 Å². The smallest absolute Gasteiger partial charge is 0.262 e. The second kappa shape index (κ2) is 9.66. The van der Waals surface area contributed by atoms with E-state index < -0.39 is 30.8 Å². The van der Waals surface area contributed by atoms with Gasteiger partial charge in [0.1, 0.15) is 12.4 Å². The van der Waals surface area contributed by atoms with Gasteiger partial charge in [0.15, 0.2) is 0 Å². The van der Waals surface area contributed by atoms with Crippen molar-refractivity contribution in [1.29, 1.82) is 0 Å². The molecular weight excluding hydrogens is 387 g/mol. The lowest BCUT2D eigenvalue weighted by molar-refractivity contribution is -0.118. The Morgan fingerprint density at radius 3 is 2.42 bits per heavy atom. The van der Waals surface area contributed by atoms with Crippen molar-refractivity contribution >= 4 is 36.4 Å². The summed E-state index contributed by atoms with van der Waals surface area (Å²) in [7, 11) is 0. The first-order valence-corrected chi connectivity index (χ1v) is 7.56. The van der Waals surface area contributed by atoms with E-state index in [1.165, 1.54) is 0 Å². The quantitative estimate of drug-likeness (QED) is 0.799. The summed E-state index contributed by atoms with van der Waals surface area (Å²) in [4.78, 5) is 15.9. The standard InChI is InChI=1S/C17H17F2N3O2.2ClH/c18-17(19)9-15(21-11-17)16(23)22-13-1-3-14(4-2-13)24-10-12-5-7-20-8-6-12;;/h1-8,15,21H,9-11H2,(H,22,23);2*1H. The maximum atomic E-state index is 13.1. The van der Waals surface area contributed by atoms with Gasteiger partial charge in [-0.15, -0.1) is 24.8 Å². The van der Waals surface area contributed by atoms with Crippen LogP contribution >= 0.6 is 24.8 Å². The molecule has 0 radical (unpaired) electrons. The molecule has 2 heterocycles. The lowest BCUT2D eigenvalue weighted by Crippen LogP contribution is -2.35. The zero-order valence-electron chi connectivity index (χ0n) is 13.7. The van der Waals surface area contributed by atoms with Crippen molar-refractivity contribution in [3.63, 3.8) is 0 Å². The molecule has 1 fully saturated rings. The monoisotopic (exact) mass is 405 g/mol. The molecule has 0 saturated carbocycles. The van der Waals surface area contributed by atoms with E-state index in [-0.39, 0.29) is 24.8 Å². The highest BCUT2D eigenvalue weighted by molar-refractivity contribution is 5.95. The molecule has 2 N–H and O–H groups in total. The summed E-state index contributed by atoms with van der Waals surface area (Å²) in [6.07, 6.45) is 2.90. The minimum atomic E-state index is -2.83. The van der Waals surface area contributed by atoms with E-state index in [9.17, 15) is 13.6 Å². The summed E-state index contributed by atoms with van der Waals surface area (Å²) in [5.41, 5.74) is 1.53. The van der Waals surface area contributed by atoms with Crippen molar-refractivity contribution in [2.24, 2.45) is 0 Å². The number of alkyl halides is 2. The van der Waals surface area contributed by atoms with Gasteiger partial charge in [-0.2, -0.15) is 0 Å². The Labute approximate surface area is 162 Å². The van der Waals surface area contributed by atoms with E-state index in [2.05, 4.69) is 15.6 Å². The number of ether oxygens (including phenoxy) is 1. The number of carbonyl (C=O) groups is 1. The first-order chi connectivity index (χ1) is 11.5. The van der Waals surface area contributed by atoms with Gasteiger partial charge >= 0.3 is 0 Å². The molecule has 0 spiro atoms. The fraction of sp³-hybridized carbons (Fsp3) is 0.294. The molecule has 3 rings (SSSR count). The van der Waals surface area contributed by atoms with Crippen LogP contribution in [0.3, 0.4) is 0 Å². The van der Waals surface area contributed by atoms with Crippen LogP contribution in [0.4, 0.5) is 14.5 Å². The molecule has 1 aliphatic heterocycles. The molecule has 9 heteroatoms. The molecule has 0 bridgehead atoms. The van der Waals surface area contributed by atoms with Crippen LogP contribution in [0.1, 0.15) is 12.0 Å². The maximum absolute atomic E-state index is 13.1. The molecule has 5 nitrogen and oxygen atoms in total. The number of carbonyl (C=O) groups excluding carboxylic acids is 1. The fourth-order valence-corrected chi connectivity index (χ4v) is 2.41. The number of aromatic nitrogens is 1. The van der Waals surface area contributed by atoms with Gasteiger partial charge in [-0.1, -0.05) is 0 Å². The average molecular weight is 406 g/mol. The van der Waals surface area contributed by atoms with Crippen LogP contribution in [0.5, 0.6) is 5.75 Å². The SMILES string of the molecule is Cl.Cl.O=C(Nc1ccc(OCc2ccncc2)cc1)C1CC(F)(F)CN1. The van der Waals surface area contributed by atoms with Crippen molar-refractivity contribution in [3.05, 3.63) is 54.4 Å². The van der Waals surface area contributed by atoms with Crippen LogP contribution in [-0.2, 0) is 11.4 Å². The van der Waals surface area contributed by atoms with Crippen molar-refractivity contribution in [2.75, 3.05) is 11.9 Å². The van der Waals surface area contributed by atoms with Crippen LogP contribution in [0.15, 0.2) is 48.8 Å². The molecule has 26 heavy (non-hydrogen) atoms. The van der Waals surface area contributed by atoms with E-state index in [4.69, 9.17) is 4.74 Å². The van der Waals surface area contributed by atoms with Crippen LogP contribution in [-0.4, -0.2) is 29.4 Å². The Balaban J connectivity index is 0.00000169. The van der Waals surface area contributed by atoms with Crippen LogP contribution in [0.25, 0.3) is 0 Å². The molecule has 0 aliphatic carbocycles. The molecular formula is C17H19Cl2F2N3O2. The lowest BCUT2D eigenvalue weighted by atomic mass is 10.2. The number of anilines is 1. The highest BCUT2D eigenvalue weighted by Gasteiger charge is 2.42. The minimum absolute atomic E-state index is 0. The molecule has 1 unspecified atom stereocenters. The second-order valence-electron chi connectivity index (χ2n) is 5.65. The van der Waals surface area contributed by atoms with Crippen LogP contribution in [0.2, 0.25) is 0 Å². The van der Waals surface area contributed by atoms with Gasteiger partial charge in [-0.25, -0.2) is 8.78 Å². The van der Waals surface area contributed by atoms with Crippen molar-refractivity contribution in [2.45, 2.75) is 25.0 Å². The highest BCUT2D eigenvalue weighted by Crippen LogP contribution is 2.26. The number of pyridine rings is 1. The zero-order valence-corrected chi connectivity index (χ0v) is 15.3. The first-order valence-electron chi connectivity index (χ1n) is 7.56. The Morgan fingerprint density at radius 2 is 1.85 bits per heavy atom. The number of nitrogens with one attached hydrogen (secondary N) is 2. The van der Waals surface area contributed by atoms with Gasteiger partial charge in [0, 0.05) is 24.5 Å². The predicted octanol–water partition coefficient (Wildman–Crippen LogP) is 3.44. The van der Waals surface area contributed by atoms with E-state index in [1.807, 2.05) is 12.1 Å². The summed E-state index contributed by atoms with van der Waals surface area (Å²) in [6, 6.07) is 9.63. The fourth-order valence-electron chi connectivity index (χ4n) is 2.41. The number of amides is 1. The number of hydrogen-bond donors (Lipinski definition) is 2. The molecule has 1 aromatic heterocycles. The van der Waals surface area contributed by atoms with E-state index in [1.54, 1.807) is 36.7 Å². The zero-order chi connectivity index (χ0) is 17.0. The molecule has 1 atom stereocenters. The highest BCUT2D eigenvalue weighted by atomic mass is 35.5. The molecule has 1 aromatic carbocycles. The molecule has 2 aromatic rings. The number of hydrogen-bond acceptors (Lipinski definition) is 4. The Kier molecular flexibility index (Phi) is 8.20. The molecule has 1 aliphatic rings. The lowest BCUT2D eigenvalue weighted by Gasteiger charge is -2.12. The first kappa shape index (κ1) is 22.1. The van der Waals surface area contributed by atoms with Gasteiger partial charge in [-0.3, -0.25) is 15.1 Å². The summed E-state index contributed by atoms with van der Waals surface area (Å²) in [6.45, 7) is -0.0534. The third-order valence-electron chi connectivity index (χ3n) is 3.70. The van der Waals surface area contributed by atoms with E-state index >= 15 is 0 Å². The normalized spacial score (nSPS) is 17.5. The third-order valence-corrected chi connectivity index (χ3v) is 3.70. The van der Waals surface area contributed by atoms with Crippen molar-refractivity contribution < 1.29 is 18.3 Å². The van der Waals surface area contributed by atoms with Gasteiger partial charge in [-0.05, 0) is 42.0 Å². The Bertz CT molecular complexity index is 703. The Hall–Kier alpha value is -1.96. The average Bonchev–Trinajstić information content (AvgIpc) is 2.95. The largest absolute Gasteiger partial charge is 0.489 e. The van der Waals surface area contributed by atoms with Crippen LogP contribution < -0.4 is 15.4 Å². The summed E-state index contributed by atoms with van der Waals surface area (Å²) in [5.74, 6) is -2.64. The van der Waals surface area contributed by atoms with Crippen LogP contribution in [0, 0.1) is 0 Å². The van der Waals surface area contributed by atoms with E-state index in [0.717, 1.165) is 5.56 Å². The van der Waals surface area contributed by atoms with Gasteiger partial charge < -0.3 is 10.1 Å². The Morgan fingerprint density at radius 1 is 1.19 bits per heavy atom. The second-order valence-corrected chi connectivity index (χ2v) is 5.65. The van der Waals surface area contributed by atoms with Gasteiger partial charge in [0.25, 0.3) is 5.92 Å². The predicted molar refractivity (Wildman–Crippen MR) is 99.5 cm³/mol. The number of benzene rings is 1. The van der Waals surface area contributed by atoms with Crippen molar-refractivity contribution in [1.82, 2.24) is 10.3 Å². The summed E-state index contributed by atoms with van der Waals surface area (Å²) >= 11 is 0. The molecule has 142 valence electrons. The number of nitrogens with zero attached hydrogens (tertiary/aromatic N) is 1. The molecule has 1 amide bonds. The molecule has 1 saturated heterocycles. The minimum Gasteiger partial charge on any atom is -0.489 e. The summed E-state index contributed by atoms with van der Waals surface area (Å²) in [5, 5.41) is 5.15. The maximum Gasteiger partial charge on any atom is 0.262 e. The number of rotatable bonds is 5. The van der Waals surface area contributed by atoms with Gasteiger partial charge in [0.2, 0.25) is 5.91 Å². The topological polar surface area (TPSA) is 63.2 Å². The third kappa shape index (κ3) is 6.09.